The van der Waals surface area contributed by atoms with Crippen LogP contribution >= 0.6 is 0 Å². The van der Waals surface area contributed by atoms with Gasteiger partial charge in [0.1, 0.15) is 0 Å². The van der Waals surface area contributed by atoms with Gasteiger partial charge < -0.3 is 0 Å². The molecule has 0 radical (unpaired) electrons. The summed E-state index contributed by atoms with van der Waals surface area (Å²) in [5, 5.41) is 0. The van der Waals surface area contributed by atoms with Crippen LogP contribution in [0.3, 0.4) is 0 Å². The average Bonchev–Trinajstić information content (AvgIpc) is 2.73. The highest BCUT2D eigenvalue weighted by Gasteiger charge is 2.30. The van der Waals surface area contributed by atoms with Crippen molar-refractivity contribution in [2.75, 3.05) is 0 Å². The summed E-state index contributed by atoms with van der Waals surface area (Å²) in [5.41, 5.74) is 6.11. The minimum absolute atomic E-state index is 0.552. The fourth-order valence-electron chi connectivity index (χ4n) is 3.46. The summed E-state index contributed by atoms with van der Waals surface area (Å²) in [6, 6.07) is 29.6. The van der Waals surface area contributed by atoms with Crippen molar-refractivity contribution in [3.05, 3.63) is 108 Å². The van der Waals surface area contributed by atoms with Crippen LogP contribution in [0.4, 0.5) is 13.2 Å². The predicted octanol–water partition coefficient (Wildman–Crippen LogP) is 8.01. The highest BCUT2D eigenvalue weighted by atomic mass is 19.4. The summed E-state index contributed by atoms with van der Waals surface area (Å²) in [6.45, 7) is 2.06. The van der Waals surface area contributed by atoms with Crippen LogP contribution in [0.2, 0.25) is 0 Å². The van der Waals surface area contributed by atoms with Gasteiger partial charge in [0.2, 0.25) is 0 Å². The molecule has 4 aromatic carbocycles. The van der Waals surface area contributed by atoms with Crippen LogP contribution in [0.1, 0.15) is 11.1 Å². The van der Waals surface area contributed by atoms with Crippen molar-refractivity contribution >= 4 is 0 Å². The molecular formula is C26H19F3. The number of alkyl halides is 3. The van der Waals surface area contributed by atoms with E-state index in [0.29, 0.717) is 5.56 Å². The van der Waals surface area contributed by atoms with E-state index in [4.69, 9.17) is 0 Å². The molecule has 0 spiro atoms. The molecular weight excluding hydrogens is 369 g/mol. The second-order valence-corrected chi connectivity index (χ2v) is 7.11. The van der Waals surface area contributed by atoms with Gasteiger partial charge in [-0.25, -0.2) is 0 Å². The summed E-state index contributed by atoms with van der Waals surface area (Å²) in [6.07, 6.45) is -4.35. The summed E-state index contributed by atoms with van der Waals surface area (Å²) in [7, 11) is 0. The molecule has 0 fully saturated rings. The number of halogens is 3. The molecule has 0 heterocycles. The molecule has 0 saturated heterocycles. The van der Waals surface area contributed by atoms with Crippen LogP contribution in [-0.2, 0) is 6.18 Å². The summed E-state index contributed by atoms with van der Waals surface area (Å²) >= 11 is 0. The monoisotopic (exact) mass is 388 g/mol. The van der Waals surface area contributed by atoms with E-state index >= 15 is 0 Å². The molecule has 4 rings (SSSR count). The van der Waals surface area contributed by atoms with E-state index in [-0.39, 0.29) is 0 Å². The van der Waals surface area contributed by atoms with Gasteiger partial charge in [-0.2, -0.15) is 13.2 Å². The van der Waals surface area contributed by atoms with Gasteiger partial charge in [-0.1, -0.05) is 78.4 Å². The van der Waals surface area contributed by atoms with Crippen molar-refractivity contribution in [2.45, 2.75) is 13.1 Å². The normalized spacial score (nSPS) is 11.4. The van der Waals surface area contributed by atoms with Crippen LogP contribution in [0.5, 0.6) is 0 Å². The lowest BCUT2D eigenvalue weighted by Gasteiger charge is -2.11. The molecule has 0 atom stereocenters. The lowest BCUT2D eigenvalue weighted by Crippen LogP contribution is -2.04. The Morgan fingerprint density at radius 3 is 1.31 bits per heavy atom. The van der Waals surface area contributed by atoms with E-state index in [1.165, 1.54) is 17.7 Å². The quantitative estimate of drug-likeness (QED) is 0.333. The molecule has 144 valence electrons. The molecule has 0 saturated carbocycles. The Kier molecular flexibility index (Phi) is 4.98. The number of aryl methyl sites for hydroxylation is 1. The van der Waals surface area contributed by atoms with Crippen LogP contribution in [-0.4, -0.2) is 0 Å². The standard InChI is InChI=1S/C26H19F3/c1-18-6-2-7-19(14-18)20-8-3-9-21(15-20)22-10-4-11-23(16-22)24-12-5-13-25(17-24)26(27,28)29/h2-17H,1H3. The van der Waals surface area contributed by atoms with Crippen LogP contribution < -0.4 is 0 Å². The van der Waals surface area contributed by atoms with E-state index < -0.39 is 11.7 Å². The minimum atomic E-state index is -4.35. The van der Waals surface area contributed by atoms with E-state index in [1.807, 2.05) is 42.5 Å². The lowest BCUT2D eigenvalue weighted by atomic mass is 9.95. The van der Waals surface area contributed by atoms with Gasteiger partial charge in [0.05, 0.1) is 5.56 Å². The van der Waals surface area contributed by atoms with Gasteiger partial charge in [-0.05, 0) is 64.6 Å². The Bertz CT molecular complexity index is 1160. The smallest absolute Gasteiger partial charge is 0.166 e. The van der Waals surface area contributed by atoms with E-state index in [1.54, 1.807) is 6.07 Å². The van der Waals surface area contributed by atoms with Gasteiger partial charge in [0.15, 0.2) is 0 Å². The lowest BCUT2D eigenvalue weighted by molar-refractivity contribution is -0.137. The van der Waals surface area contributed by atoms with Gasteiger partial charge in [-0.15, -0.1) is 0 Å². The first-order valence-corrected chi connectivity index (χ1v) is 9.35. The Morgan fingerprint density at radius 2 is 0.862 bits per heavy atom. The molecule has 0 N–H and O–H groups in total. The molecule has 0 aliphatic carbocycles. The Hall–Kier alpha value is -3.33. The molecule has 0 aliphatic rings. The van der Waals surface area contributed by atoms with E-state index in [0.717, 1.165) is 33.9 Å². The predicted molar refractivity (Wildman–Crippen MR) is 112 cm³/mol. The number of rotatable bonds is 3. The van der Waals surface area contributed by atoms with Crippen molar-refractivity contribution in [2.24, 2.45) is 0 Å². The fraction of sp³-hybridized carbons (Fsp3) is 0.0769. The highest BCUT2D eigenvalue weighted by molar-refractivity contribution is 5.77. The average molecular weight is 388 g/mol. The van der Waals surface area contributed by atoms with Crippen molar-refractivity contribution < 1.29 is 13.2 Å². The second kappa shape index (κ2) is 7.59. The molecule has 0 aromatic heterocycles. The summed E-state index contributed by atoms with van der Waals surface area (Å²) < 4.78 is 39.2. The summed E-state index contributed by atoms with van der Waals surface area (Å²) in [4.78, 5) is 0. The molecule has 0 bridgehead atoms. The topological polar surface area (TPSA) is 0 Å². The number of benzene rings is 4. The van der Waals surface area contributed by atoms with Gasteiger partial charge >= 0.3 is 6.18 Å². The van der Waals surface area contributed by atoms with Crippen molar-refractivity contribution in [3.8, 4) is 33.4 Å². The SMILES string of the molecule is Cc1cccc(-c2cccc(-c3cccc(-c4cccc(C(F)(F)F)c4)c3)c2)c1. The van der Waals surface area contributed by atoms with Crippen molar-refractivity contribution in [3.63, 3.8) is 0 Å². The molecule has 29 heavy (non-hydrogen) atoms. The molecule has 0 amide bonds. The van der Waals surface area contributed by atoms with Crippen LogP contribution in [0.25, 0.3) is 33.4 Å². The molecule has 0 unspecified atom stereocenters. The van der Waals surface area contributed by atoms with Gasteiger partial charge in [0.25, 0.3) is 0 Å². The van der Waals surface area contributed by atoms with E-state index in [9.17, 15) is 13.2 Å². The van der Waals surface area contributed by atoms with Crippen molar-refractivity contribution in [1.82, 2.24) is 0 Å². The third-order valence-corrected chi connectivity index (χ3v) is 4.93. The molecule has 0 aliphatic heterocycles. The second-order valence-electron chi connectivity index (χ2n) is 7.11. The maximum absolute atomic E-state index is 13.1. The maximum Gasteiger partial charge on any atom is 0.416 e. The first-order chi connectivity index (χ1) is 13.9. The number of hydrogen-bond acceptors (Lipinski definition) is 0. The van der Waals surface area contributed by atoms with Crippen molar-refractivity contribution in [1.29, 1.82) is 0 Å². The van der Waals surface area contributed by atoms with Crippen LogP contribution in [0.15, 0.2) is 97.1 Å². The molecule has 0 nitrogen and oxygen atoms in total. The Labute approximate surface area is 168 Å². The highest BCUT2D eigenvalue weighted by Crippen LogP contribution is 2.34. The Balaban J connectivity index is 1.73. The first-order valence-electron chi connectivity index (χ1n) is 9.35. The number of hydrogen-bond donors (Lipinski definition) is 0. The largest absolute Gasteiger partial charge is 0.416 e. The third-order valence-electron chi connectivity index (χ3n) is 4.93. The maximum atomic E-state index is 13.1. The first kappa shape index (κ1) is 19.0. The molecule has 4 aromatic rings. The molecule has 3 heteroatoms. The van der Waals surface area contributed by atoms with Gasteiger partial charge in [0, 0.05) is 0 Å². The third kappa shape index (κ3) is 4.24. The van der Waals surface area contributed by atoms with E-state index in [2.05, 4.69) is 37.3 Å². The zero-order valence-corrected chi connectivity index (χ0v) is 15.9. The fourth-order valence-corrected chi connectivity index (χ4v) is 3.46. The zero-order valence-electron chi connectivity index (χ0n) is 15.9. The van der Waals surface area contributed by atoms with Gasteiger partial charge in [-0.3, -0.25) is 0 Å². The zero-order chi connectivity index (χ0) is 20.4. The minimum Gasteiger partial charge on any atom is -0.166 e. The summed E-state index contributed by atoms with van der Waals surface area (Å²) in [5.74, 6) is 0. The van der Waals surface area contributed by atoms with Crippen LogP contribution in [0, 0.1) is 6.92 Å². The Morgan fingerprint density at radius 1 is 0.483 bits per heavy atom.